The van der Waals surface area contributed by atoms with Gasteiger partial charge in [-0.15, -0.1) is 0 Å². The number of amides is 1. The zero-order valence-electron chi connectivity index (χ0n) is 12.4. The molecule has 0 fully saturated rings. The van der Waals surface area contributed by atoms with Gasteiger partial charge in [0.1, 0.15) is 5.82 Å². The first-order valence-electron chi connectivity index (χ1n) is 7.22. The molecular weight excluding hydrogens is 264 g/mol. The Labute approximate surface area is 124 Å². The van der Waals surface area contributed by atoms with Gasteiger partial charge in [-0.25, -0.2) is 4.98 Å². The molecule has 5 heteroatoms. The Morgan fingerprint density at radius 1 is 1.33 bits per heavy atom. The van der Waals surface area contributed by atoms with Crippen molar-refractivity contribution in [2.45, 2.75) is 18.9 Å². The largest absolute Gasteiger partial charge is 0.338 e. The molecule has 1 aromatic heterocycles. The van der Waals surface area contributed by atoms with Crippen LogP contribution in [0.25, 0.3) is 0 Å². The van der Waals surface area contributed by atoms with E-state index in [0.717, 1.165) is 24.5 Å². The number of nitrogens with zero attached hydrogens (tertiary/aromatic N) is 3. The summed E-state index contributed by atoms with van der Waals surface area (Å²) >= 11 is 0. The molecular formula is C16H20N4O. The number of fused-ring (bicyclic) bond motifs is 1. The van der Waals surface area contributed by atoms with Gasteiger partial charge in [-0.05, 0) is 11.6 Å². The number of anilines is 1. The van der Waals surface area contributed by atoms with Crippen LogP contribution in [0.5, 0.6) is 0 Å². The van der Waals surface area contributed by atoms with E-state index < -0.39 is 0 Å². The average Bonchev–Trinajstić information content (AvgIpc) is 2.90. The smallest absolute Gasteiger partial charge is 0.228 e. The van der Waals surface area contributed by atoms with E-state index in [1.54, 1.807) is 4.90 Å². The van der Waals surface area contributed by atoms with Crippen molar-refractivity contribution in [2.75, 3.05) is 18.5 Å². The molecule has 110 valence electrons. The second kappa shape index (κ2) is 5.69. The third-order valence-corrected chi connectivity index (χ3v) is 4.09. The van der Waals surface area contributed by atoms with Crippen LogP contribution in [0.3, 0.4) is 0 Å². The van der Waals surface area contributed by atoms with Gasteiger partial charge in [0.05, 0.1) is 0 Å². The molecule has 1 aromatic carbocycles. The van der Waals surface area contributed by atoms with Crippen LogP contribution in [-0.4, -0.2) is 29.1 Å². The summed E-state index contributed by atoms with van der Waals surface area (Å²) in [6.45, 7) is 0.806. The maximum atomic E-state index is 12.1. The first-order chi connectivity index (χ1) is 10.2. The SMILES string of the molecule is CN1C(=O)CC(NCCc2nccn2C)c2ccccc21. The van der Waals surface area contributed by atoms with Gasteiger partial charge in [-0.3, -0.25) is 4.79 Å². The van der Waals surface area contributed by atoms with Crippen molar-refractivity contribution in [3.63, 3.8) is 0 Å². The molecule has 1 aliphatic heterocycles. The van der Waals surface area contributed by atoms with E-state index in [1.165, 1.54) is 5.56 Å². The molecule has 1 N–H and O–H groups in total. The average molecular weight is 284 g/mol. The normalized spacial score (nSPS) is 17.9. The number of hydrogen-bond acceptors (Lipinski definition) is 3. The van der Waals surface area contributed by atoms with E-state index in [-0.39, 0.29) is 11.9 Å². The summed E-state index contributed by atoms with van der Waals surface area (Å²) in [5.41, 5.74) is 2.20. The lowest BCUT2D eigenvalue weighted by Gasteiger charge is -2.32. The molecule has 1 atom stereocenters. The Kier molecular flexibility index (Phi) is 3.75. The van der Waals surface area contributed by atoms with E-state index >= 15 is 0 Å². The molecule has 2 heterocycles. The van der Waals surface area contributed by atoms with Gasteiger partial charge in [-0.1, -0.05) is 18.2 Å². The van der Waals surface area contributed by atoms with Crippen molar-refractivity contribution in [2.24, 2.45) is 7.05 Å². The number of imidazole rings is 1. The van der Waals surface area contributed by atoms with E-state index in [2.05, 4.69) is 16.4 Å². The first kappa shape index (κ1) is 13.8. The lowest BCUT2D eigenvalue weighted by atomic mass is 9.96. The Morgan fingerprint density at radius 3 is 2.90 bits per heavy atom. The Hall–Kier alpha value is -2.14. The Balaban J connectivity index is 1.70. The highest BCUT2D eigenvalue weighted by atomic mass is 16.2. The monoisotopic (exact) mass is 284 g/mol. The number of carbonyl (C=O) groups excluding carboxylic acids is 1. The Bertz CT molecular complexity index is 649. The molecule has 0 saturated heterocycles. The molecule has 0 aliphatic carbocycles. The minimum Gasteiger partial charge on any atom is -0.338 e. The molecule has 0 bridgehead atoms. The van der Waals surface area contributed by atoms with Crippen LogP contribution < -0.4 is 10.2 Å². The van der Waals surface area contributed by atoms with Crippen LogP contribution in [-0.2, 0) is 18.3 Å². The fourth-order valence-electron chi connectivity index (χ4n) is 2.82. The lowest BCUT2D eigenvalue weighted by molar-refractivity contribution is -0.119. The summed E-state index contributed by atoms with van der Waals surface area (Å²) in [4.78, 5) is 18.1. The molecule has 21 heavy (non-hydrogen) atoms. The standard InChI is InChI=1S/C16H20N4O/c1-19-10-9-18-15(19)7-8-17-13-11-16(21)20(2)14-6-4-3-5-12(13)14/h3-6,9-10,13,17H,7-8,11H2,1-2H3. The molecule has 0 spiro atoms. The van der Waals surface area contributed by atoms with Crippen molar-refractivity contribution in [3.8, 4) is 0 Å². The summed E-state index contributed by atoms with van der Waals surface area (Å²) in [7, 11) is 3.84. The zero-order valence-corrected chi connectivity index (χ0v) is 12.4. The summed E-state index contributed by atoms with van der Waals surface area (Å²) < 4.78 is 2.02. The third kappa shape index (κ3) is 2.69. The van der Waals surface area contributed by atoms with Crippen LogP contribution in [0.15, 0.2) is 36.7 Å². The number of aromatic nitrogens is 2. The van der Waals surface area contributed by atoms with Gasteiger partial charge >= 0.3 is 0 Å². The molecule has 5 nitrogen and oxygen atoms in total. The van der Waals surface area contributed by atoms with Crippen LogP contribution >= 0.6 is 0 Å². The second-order valence-electron chi connectivity index (χ2n) is 5.43. The number of nitrogens with one attached hydrogen (secondary N) is 1. The van der Waals surface area contributed by atoms with Gasteiger partial charge in [0.15, 0.2) is 0 Å². The van der Waals surface area contributed by atoms with E-state index in [9.17, 15) is 4.79 Å². The molecule has 1 amide bonds. The highest BCUT2D eigenvalue weighted by Crippen LogP contribution is 2.33. The Morgan fingerprint density at radius 2 is 2.14 bits per heavy atom. The topological polar surface area (TPSA) is 50.2 Å². The highest BCUT2D eigenvalue weighted by Gasteiger charge is 2.28. The minimum absolute atomic E-state index is 0.0881. The number of hydrogen-bond donors (Lipinski definition) is 1. The second-order valence-corrected chi connectivity index (χ2v) is 5.43. The molecule has 1 aliphatic rings. The number of benzene rings is 1. The number of rotatable bonds is 4. The third-order valence-electron chi connectivity index (χ3n) is 4.09. The lowest BCUT2D eigenvalue weighted by Crippen LogP contribution is -2.38. The van der Waals surface area contributed by atoms with Crippen LogP contribution in [0.4, 0.5) is 5.69 Å². The summed E-state index contributed by atoms with van der Waals surface area (Å²) in [5, 5.41) is 3.49. The molecule has 0 radical (unpaired) electrons. The van der Waals surface area contributed by atoms with E-state index in [4.69, 9.17) is 0 Å². The van der Waals surface area contributed by atoms with Crippen LogP contribution in [0, 0.1) is 0 Å². The molecule has 3 rings (SSSR count). The predicted molar refractivity (Wildman–Crippen MR) is 82.1 cm³/mol. The predicted octanol–water partition coefficient (Wildman–Crippen LogP) is 1.66. The quantitative estimate of drug-likeness (QED) is 0.929. The van der Waals surface area contributed by atoms with E-state index in [1.807, 2.05) is 49.3 Å². The van der Waals surface area contributed by atoms with Crippen molar-refractivity contribution in [1.29, 1.82) is 0 Å². The summed E-state index contributed by atoms with van der Waals surface area (Å²) in [6.07, 6.45) is 5.12. The maximum Gasteiger partial charge on any atom is 0.228 e. The van der Waals surface area contributed by atoms with Crippen molar-refractivity contribution < 1.29 is 4.79 Å². The minimum atomic E-state index is 0.0881. The van der Waals surface area contributed by atoms with Crippen molar-refractivity contribution in [1.82, 2.24) is 14.9 Å². The van der Waals surface area contributed by atoms with Crippen LogP contribution in [0.2, 0.25) is 0 Å². The fourth-order valence-corrected chi connectivity index (χ4v) is 2.82. The summed E-state index contributed by atoms with van der Waals surface area (Å²) in [6, 6.07) is 8.18. The molecule has 0 saturated carbocycles. The van der Waals surface area contributed by atoms with Gasteiger partial charge in [0.25, 0.3) is 0 Å². The van der Waals surface area contributed by atoms with Gasteiger partial charge in [0.2, 0.25) is 5.91 Å². The number of para-hydroxylation sites is 1. The first-order valence-corrected chi connectivity index (χ1v) is 7.22. The summed E-state index contributed by atoms with van der Waals surface area (Å²) in [5.74, 6) is 1.21. The zero-order chi connectivity index (χ0) is 14.8. The van der Waals surface area contributed by atoms with Gasteiger partial charge in [-0.2, -0.15) is 0 Å². The maximum absolute atomic E-state index is 12.1. The number of carbonyl (C=O) groups is 1. The molecule has 2 aromatic rings. The fraction of sp³-hybridized carbons (Fsp3) is 0.375. The van der Waals surface area contributed by atoms with E-state index in [0.29, 0.717) is 6.42 Å². The van der Waals surface area contributed by atoms with Crippen molar-refractivity contribution >= 4 is 11.6 Å². The molecule has 1 unspecified atom stereocenters. The van der Waals surface area contributed by atoms with Crippen LogP contribution in [0.1, 0.15) is 23.9 Å². The van der Waals surface area contributed by atoms with Gasteiger partial charge in [0, 0.05) is 57.6 Å². The van der Waals surface area contributed by atoms with Crippen molar-refractivity contribution in [3.05, 3.63) is 48.0 Å². The highest BCUT2D eigenvalue weighted by molar-refractivity contribution is 5.96. The number of aryl methyl sites for hydroxylation is 1. The van der Waals surface area contributed by atoms with Gasteiger partial charge < -0.3 is 14.8 Å².